The molecular formula is C28H39N3O4. The number of carbonyl (C=O) groups is 2. The van der Waals surface area contributed by atoms with Crippen molar-refractivity contribution in [2.75, 3.05) is 38.1 Å². The van der Waals surface area contributed by atoms with Crippen LogP contribution in [-0.4, -0.2) is 60.3 Å². The molecular weight excluding hydrogens is 442 g/mol. The Kier molecular flexibility index (Phi) is 9.40. The number of benzene rings is 2. The van der Waals surface area contributed by atoms with Gasteiger partial charge in [-0.1, -0.05) is 30.3 Å². The molecule has 0 aliphatic carbocycles. The molecule has 7 heteroatoms. The number of para-hydroxylation sites is 1. The standard InChI is InChI=1S/C28H39N3O4/c1-22-10-7-8-12-25(22)34-21-9-5-6-11-23-13-15-24(16-14-23)29-26(32)30-17-19-31(20-18-30)27(33)35-28(2,3)4/h7-8,10,12-16H,5-6,9,11,17-21H2,1-4H3,(H,29,32). The second-order valence-corrected chi connectivity index (χ2v) is 10.0. The lowest BCUT2D eigenvalue weighted by atomic mass is 10.1. The highest BCUT2D eigenvalue weighted by atomic mass is 16.6. The number of hydrogen-bond acceptors (Lipinski definition) is 4. The van der Waals surface area contributed by atoms with E-state index in [0.717, 1.165) is 43.7 Å². The van der Waals surface area contributed by atoms with E-state index in [2.05, 4.69) is 30.4 Å². The summed E-state index contributed by atoms with van der Waals surface area (Å²) in [4.78, 5) is 28.2. The molecule has 0 atom stereocenters. The quantitative estimate of drug-likeness (QED) is 0.479. The van der Waals surface area contributed by atoms with Gasteiger partial charge in [0.15, 0.2) is 0 Å². The zero-order valence-corrected chi connectivity index (χ0v) is 21.5. The maximum absolute atomic E-state index is 12.6. The highest BCUT2D eigenvalue weighted by molar-refractivity contribution is 5.89. The van der Waals surface area contributed by atoms with Crippen molar-refractivity contribution in [1.29, 1.82) is 0 Å². The predicted octanol–water partition coefficient (Wildman–Crippen LogP) is 5.87. The Morgan fingerprint density at radius 3 is 2.20 bits per heavy atom. The molecule has 1 heterocycles. The summed E-state index contributed by atoms with van der Waals surface area (Å²) < 4.78 is 11.3. The van der Waals surface area contributed by atoms with Gasteiger partial charge in [0.25, 0.3) is 0 Å². The van der Waals surface area contributed by atoms with Crippen LogP contribution in [0.4, 0.5) is 15.3 Å². The van der Waals surface area contributed by atoms with Crippen molar-refractivity contribution in [2.45, 2.75) is 59.0 Å². The topological polar surface area (TPSA) is 71.1 Å². The van der Waals surface area contributed by atoms with Gasteiger partial charge in [-0.25, -0.2) is 9.59 Å². The van der Waals surface area contributed by atoms with E-state index in [9.17, 15) is 9.59 Å². The lowest BCUT2D eigenvalue weighted by Gasteiger charge is -2.35. The van der Waals surface area contributed by atoms with Crippen LogP contribution in [0.15, 0.2) is 48.5 Å². The monoisotopic (exact) mass is 481 g/mol. The summed E-state index contributed by atoms with van der Waals surface area (Å²) in [6, 6.07) is 16.0. The molecule has 1 aliphatic heterocycles. The molecule has 7 nitrogen and oxygen atoms in total. The summed E-state index contributed by atoms with van der Waals surface area (Å²) in [5.41, 5.74) is 2.68. The van der Waals surface area contributed by atoms with Crippen molar-refractivity contribution in [1.82, 2.24) is 9.80 Å². The maximum atomic E-state index is 12.6. The Balaban J connectivity index is 1.32. The number of nitrogens with one attached hydrogen (secondary N) is 1. The predicted molar refractivity (Wildman–Crippen MR) is 139 cm³/mol. The molecule has 3 rings (SSSR count). The zero-order chi connectivity index (χ0) is 25.3. The molecule has 2 aromatic rings. The molecule has 3 amide bonds. The van der Waals surface area contributed by atoms with Gasteiger partial charge in [-0.2, -0.15) is 0 Å². The summed E-state index contributed by atoms with van der Waals surface area (Å²) in [5.74, 6) is 0.968. The number of aryl methyl sites for hydroxylation is 2. The van der Waals surface area contributed by atoms with Crippen LogP contribution < -0.4 is 10.1 Å². The SMILES string of the molecule is Cc1ccccc1OCCCCCc1ccc(NC(=O)N2CCN(C(=O)OC(C)(C)C)CC2)cc1. The van der Waals surface area contributed by atoms with Crippen molar-refractivity contribution < 1.29 is 19.1 Å². The molecule has 0 unspecified atom stereocenters. The van der Waals surface area contributed by atoms with Crippen molar-refractivity contribution >= 4 is 17.8 Å². The van der Waals surface area contributed by atoms with E-state index < -0.39 is 5.60 Å². The van der Waals surface area contributed by atoms with Gasteiger partial charge in [0, 0.05) is 31.9 Å². The van der Waals surface area contributed by atoms with Crippen LogP contribution in [0.2, 0.25) is 0 Å². The molecule has 0 saturated carbocycles. The van der Waals surface area contributed by atoms with Gasteiger partial charge in [-0.15, -0.1) is 0 Å². The molecule has 1 N–H and O–H groups in total. The maximum Gasteiger partial charge on any atom is 0.410 e. The van der Waals surface area contributed by atoms with E-state index >= 15 is 0 Å². The summed E-state index contributed by atoms with van der Waals surface area (Å²) in [5, 5.41) is 2.96. The van der Waals surface area contributed by atoms with Crippen molar-refractivity contribution in [2.24, 2.45) is 0 Å². The van der Waals surface area contributed by atoms with E-state index in [1.165, 1.54) is 11.1 Å². The minimum absolute atomic E-state index is 0.143. The van der Waals surface area contributed by atoms with Crippen LogP contribution in [0, 0.1) is 6.92 Å². The molecule has 35 heavy (non-hydrogen) atoms. The first kappa shape index (κ1) is 26.4. The first-order valence-corrected chi connectivity index (χ1v) is 12.5. The Hall–Kier alpha value is -3.22. The Labute approximate surface area is 209 Å². The smallest absolute Gasteiger partial charge is 0.410 e. The number of urea groups is 1. The van der Waals surface area contributed by atoms with Gasteiger partial charge >= 0.3 is 12.1 Å². The second-order valence-electron chi connectivity index (χ2n) is 10.0. The number of anilines is 1. The Morgan fingerprint density at radius 1 is 0.886 bits per heavy atom. The fourth-order valence-corrected chi connectivity index (χ4v) is 3.88. The fraction of sp³-hybridized carbons (Fsp3) is 0.500. The summed E-state index contributed by atoms with van der Waals surface area (Å²) in [6.45, 7) is 10.3. The van der Waals surface area contributed by atoms with Gasteiger partial charge in [0.2, 0.25) is 0 Å². The number of hydrogen-bond donors (Lipinski definition) is 1. The molecule has 190 valence electrons. The van der Waals surface area contributed by atoms with Crippen LogP contribution in [0.5, 0.6) is 5.75 Å². The fourth-order valence-electron chi connectivity index (χ4n) is 3.88. The number of rotatable bonds is 8. The number of piperazine rings is 1. The Morgan fingerprint density at radius 2 is 1.54 bits per heavy atom. The third kappa shape index (κ3) is 8.81. The van der Waals surface area contributed by atoms with Crippen LogP contribution in [-0.2, 0) is 11.2 Å². The third-order valence-corrected chi connectivity index (χ3v) is 5.88. The van der Waals surface area contributed by atoms with Crippen LogP contribution in [0.1, 0.15) is 51.2 Å². The average Bonchev–Trinajstić information content (AvgIpc) is 2.82. The average molecular weight is 482 g/mol. The number of unbranched alkanes of at least 4 members (excludes halogenated alkanes) is 2. The normalized spacial score (nSPS) is 13.9. The van der Waals surface area contributed by atoms with Gasteiger partial charge in [-0.3, -0.25) is 0 Å². The van der Waals surface area contributed by atoms with E-state index in [1.54, 1.807) is 9.80 Å². The van der Waals surface area contributed by atoms with Crippen molar-refractivity contribution in [3.63, 3.8) is 0 Å². The lowest BCUT2D eigenvalue weighted by Crippen LogP contribution is -2.52. The summed E-state index contributed by atoms with van der Waals surface area (Å²) >= 11 is 0. The zero-order valence-electron chi connectivity index (χ0n) is 21.5. The van der Waals surface area contributed by atoms with Gasteiger partial charge in [-0.05, 0) is 82.7 Å². The minimum atomic E-state index is -0.520. The molecule has 0 bridgehead atoms. The molecule has 1 aliphatic rings. The molecule has 0 aromatic heterocycles. The molecule has 1 fully saturated rings. The number of nitrogens with zero attached hydrogens (tertiary/aromatic N) is 2. The number of carbonyl (C=O) groups excluding carboxylic acids is 2. The van der Waals surface area contributed by atoms with Gasteiger partial charge in [0.1, 0.15) is 11.4 Å². The van der Waals surface area contributed by atoms with Crippen molar-refractivity contribution in [3.8, 4) is 5.75 Å². The minimum Gasteiger partial charge on any atom is -0.493 e. The third-order valence-electron chi connectivity index (χ3n) is 5.88. The van der Waals surface area contributed by atoms with E-state index in [-0.39, 0.29) is 12.1 Å². The van der Waals surface area contributed by atoms with E-state index in [4.69, 9.17) is 9.47 Å². The van der Waals surface area contributed by atoms with Crippen molar-refractivity contribution in [3.05, 3.63) is 59.7 Å². The summed E-state index contributed by atoms with van der Waals surface area (Å²) in [7, 11) is 0. The first-order valence-electron chi connectivity index (χ1n) is 12.5. The van der Waals surface area contributed by atoms with E-state index in [1.807, 2.05) is 51.1 Å². The highest BCUT2D eigenvalue weighted by Crippen LogP contribution is 2.18. The largest absolute Gasteiger partial charge is 0.493 e. The summed E-state index contributed by atoms with van der Waals surface area (Å²) in [6.07, 6.45) is 3.92. The second kappa shape index (κ2) is 12.5. The van der Waals surface area contributed by atoms with Gasteiger partial charge < -0.3 is 24.6 Å². The lowest BCUT2D eigenvalue weighted by molar-refractivity contribution is 0.0174. The molecule has 1 saturated heterocycles. The number of amides is 3. The van der Waals surface area contributed by atoms with Crippen LogP contribution >= 0.6 is 0 Å². The number of ether oxygens (including phenoxy) is 2. The van der Waals surface area contributed by atoms with Crippen LogP contribution in [0.25, 0.3) is 0 Å². The molecule has 2 aromatic carbocycles. The highest BCUT2D eigenvalue weighted by Gasteiger charge is 2.27. The molecule has 0 spiro atoms. The van der Waals surface area contributed by atoms with Crippen LogP contribution in [0.3, 0.4) is 0 Å². The Bertz CT molecular complexity index is 961. The van der Waals surface area contributed by atoms with E-state index in [0.29, 0.717) is 26.2 Å². The molecule has 0 radical (unpaired) electrons. The first-order chi connectivity index (χ1) is 16.7. The van der Waals surface area contributed by atoms with Gasteiger partial charge in [0.05, 0.1) is 6.61 Å².